The van der Waals surface area contributed by atoms with Gasteiger partial charge in [0.15, 0.2) is 0 Å². The van der Waals surface area contributed by atoms with Crippen LogP contribution in [0, 0.1) is 0 Å². The first-order chi connectivity index (χ1) is 8.48. The van der Waals surface area contributed by atoms with Crippen LogP contribution in [0.1, 0.15) is 23.7 Å². The summed E-state index contributed by atoms with van der Waals surface area (Å²) in [5.41, 5.74) is 0.175. The molecular formula is C12H13Br3ClNO. The number of carbonyl (C=O) groups is 1. The fraction of sp³-hybridized carbons (Fsp3) is 0.417. The third-order valence-corrected chi connectivity index (χ3v) is 5.71. The largest absolute Gasteiger partial charge is 0.345 e. The second-order valence-electron chi connectivity index (χ2n) is 3.98. The summed E-state index contributed by atoms with van der Waals surface area (Å²) in [6.45, 7) is 2.03. The SMILES string of the molecule is CCC(CBr)(CBr)NC(=O)c1cc(Br)ccc1Cl. The van der Waals surface area contributed by atoms with Crippen LogP contribution in [0.25, 0.3) is 0 Å². The number of alkyl halides is 2. The summed E-state index contributed by atoms with van der Waals surface area (Å²) >= 11 is 16.3. The fourth-order valence-corrected chi connectivity index (χ4v) is 3.93. The molecule has 0 aromatic heterocycles. The van der Waals surface area contributed by atoms with E-state index in [4.69, 9.17) is 11.6 Å². The molecule has 100 valence electrons. The van der Waals surface area contributed by atoms with Crippen LogP contribution < -0.4 is 5.32 Å². The second kappa shape index (κ2) is 7.27. The van der Waals surface area contributed by atoms with Crippen LogP contribution in [-0.4, -0.2) is 22.1 Å². The van der Waals surface area contributed by atoms with Crippen molar-refractivity contribution in [3.63, 3.8) is 0 Å². The molecule has 0 radical (unpaired) electrons. The van der Waals surface area contributed by atoms with E-state index in [-0.39, 0.29) is 11.4 Å². The zero-order chi connectivity index (χ0) is 13.8. The summed E-state index contributed by atoms with van der Waals surface area (Å²) in [6, 6.07) is 5.23. The maximum absolute atomic E-state index is 12.3. The Morgan fingerprint density at radius 2 is 2.00 bits per heavy atom. The molecule has 6 heteroatoms. The van der Waals surface area contributed by atoms with E-state index in [1.54, 1.807) is 18.2 Å². The van der Waals surface area contributed by atoms with E-state index in [2.05, 4.69) is 53.1 Å². The zero-order valence-electron chi connectivity index (χ0n) is 9.77. The molecule has 0 bridgehead atoms. The van der Waals surface area contributed by atoms with Gasteiger partial charge in [-0.3, -0.25) is 4.79 Å². The molecule has 0 aliphatic heterocycles. The summed E-state index contributed by atoms with van der Waals surface area (Å²) in [5.74, 6) is -0.165. The molecule has 2 nitrogen and oxygen atoms in total. The fourth-order valence-electron chi connectivity index (χ4n) is 1.36. The predicted octanol–water partition coefficient (Wildman–Crippen LogP) is 4.77. The van der Waals surface area contributed by atoms with Crippen LogP contribution in [0.5, 0.6) is 0 Å². The molecule has 0 aliphatic rings. The molecule has 1 aromatic carbocycles. The molecule has 0 saturated carbocycles. The van der Waals surface area contributed by atoms with Crippen LogP contribution in [-0.2, 0) is 0 Å². The van der Waals surface area contributed by atoms with Gasteiger partial charge in [0.05, 0.1) is 16.1 Å². The Balaban J connectivity index is 2.97. The molecule has 0 spiro atoms. The van der Waals surface area contributed by atoms with Crippen molar-refractivity contribution in [3.05, 3.63) is 33.3 Å². The Morgan fingerprint density at radius 1 is 1.39 bits per heavy atom. The molecule has 0 fully saturated rings. The highest BCUT2D eigenvalue weighted by Crippen LogP contribution is 2.23. The molecule has 0 atom stereocenters. The van der Waals surface area contributed by atoms with Gasteiger partial charge in [-0.05, 0) is 24.6 Å². The van der Waals surface area contributed by atoms with Crippen molar-refractivity contribution in [2.45, 2.75) is 18.9 Å². The van der Waals surface area contributed by atoms with E-state index < -0.39 is 0 Å². The topological polar surface area (TPSA) is 29.1 Å². The number of hydrogen-bond acceptors (Lipinski definition) is 1. The van der Waals surface area contributed by atoms with Gasteiger partial charge >= 0.3 is 0 Å². The highest BCUT2D eigenvalue weighted by Gasteiger charge is 2.28. The highest BCUT2D eigenvalue weighted by atomic mass is 79.9. The van der Waals surface area contributed by atoms with Crippen molar-refractivity contribution in [2.24, 2.45) is 0 Å². The van der Waals surface area contributed by atoms with Gasteiger partial charge in [0.1, 0.15) is 0 Å². The summed E-state index contributed by atoms with van der Waals surface area (Å²) in [5, 5.41) is 4.83. The predicted molar refractivity (Wildman–Crippen MR) is 87.2 cm³/mol. The van der Waals surface area contributed by atoms with E-state index in [9.17, 15) is 4.79 Å². The molecule has 0 heterocycles. The molecule has 1 aromatic rings. The van der Waals surface area contributed by atoms with Crippen LogP contribution in [0.4, 0.5) is 0 Å². The molecule has 1 N–H and O–H groups in total. The van der Waals surface area contributed by atoms with Crippen molar-refractivity contribution >= 4 is 65.3 Å². The van der Waals surface area contributed by atoms with Gasteiger partial charge in [0.2, 0.25) is 0 Å². The van der Waals surface area contributed by atoms with Gasteiger partial charge < -0.3 is 5.32 Å². The first-order valence-corrected chi connectivity index (χ1v) is 8.79. The molecule has 1 amide bonds. The maximum Gasteiger partial charge on any atom is 0.253 e. The summed E-state index contributed by atoms with van der Waals surface area (Å²) in [6.07, 6.45) is 0.820. The monoisotopic (exact) mass is 459 g/mol. The van der Waals surface area contributed by atoms with Gasteiger partial charge in [-0.15, -0.1) is 0 Å². The normalized spacial score (nSPS) is 11.4. The first kappa shape index (κ1) is 16.5. The molecular weight excluding hydrogens is 449 g/mol. The standard InChI is InChI=1S/C12H13Br3ClNO/c1-2-12(6-13,7-14)17-11(18)9-5-8(15)3-4-10(9)16/h3-5H,2,6-7H2,1H3,(H,17,18). The molecule has 0 unspecified atom stereocenters. The lowest BCUT2D eigenvalue weighted by molar-refractivity contribution is 0.0915. The number of nitrogens with one attached hydrogen (secondary N) is 1. The third-order valence-electron chi connectivity index (χ3n) is 2.74. The van der Waals surface area contributed by atoms with E-state index >= 15 is 0 Å². The van der Waals surface area contributed by atoms with Crippen molar-refractivity contribution in [1.82, 2.24) is 5.32 Å². The van der Waals surface area contributed by atoms with Crippen LogP contribution >= 0.6 is 59.4 Å². The zero-order valence-corrected chi connectivity index (χ0v) is 15.3. The Labute approximate surface area is 137 Å². The van der Waals surface area contributed by atoms with Crippen molar-refractivity contribution in [1.29, 1.82) is 0 Å². The molecule has 1 rings (SSSR count). The van der Waals surface area contributed by atoms with Gasteiger partial charge in [-0.25, -0.2) is 0 Å². The smallest absolute Gasteiger partial charge is 0.253 e. The summed E-state index contributed by atoms with van der Waals surface area (Å²) in [4.78, 5) is 12.3. The first-order valence-electron chi connectivity index (χ1n) is 5.37. The Morgan fingerprint density at radius 3 is 2.50 bits per heavy atom. The van der Waals surface area contributed by atoms with E-state index in [1.165, 1.54) is 0 Å². The third kappa shape index (κ3) is 3.95. The lowest BCUT2D eigenvalue weighted by Crippen LogP contribution is -2.51. The van der Waals surface area contributed by atoms with Crippen molar-refractivity contribution in [3.8, 4) is 0 Å². The van der Waals surface area contributed by atoms with Crippen molar-refractivity contribution in [2.75, 3.05) is 10.7 Å². The Kier molecular flexibility index (Phi) is 6.65. The minimum Gasteiger partial charge on any atom is -0.345 e. The van der Waals surface area contributed by atoms with E-state index in [0.29, 0.717) is 21.2 Å². The van der Waals surface area contributed by atoms with Gasteiger partial charge in [0.25, 0.3) is 5.91 Å². The van der Waals surface area contributed by atoms with Gasteiger partial charge in [-0.2, -0.15) is 0 Å². The highest BCUT2D eigenvalue weighted by molar-refractivity contribution is 9.10. The van der Waals surface area contributed by atoms with E-state index in [0.717, 1.165) is 10.9 Å². The number of carbonyl (C=O) groups excluding carboxylic acids is 1. The minimum absolute atomic E-state index is 0.165. The van der Waals surface area contributed by atoms with Crippen molar-refractivity contribution < 1.29 is 4.79 Å². The lowest BCUT2D eigenvalue weighted by atomic mass is 10.0. The maximum atomic E-state index is 12.3. The molecule has 0 aliphatic carbocycles. The molecule has 18 heavy (non-hydrogen) atoms. The summed E-state index contributed by atoms with van der Waals surface area (Å²) in [7, 11) is 0. The van der Waals surface area contributed by atoms with Crippen LogP contribution in [0.15, 0.2) is 22.7 Å². The van der Waals surface area contributed by atoms with Gasteiger partial charge in [0, 0.05) is 15.1 Å². The average Bonchev–Trinajstić information content (AvgIpc) is 2.38. The second-order valence-corrected chi connectivity index (χ2v) is 6.42. The molecule has 0 saturated heterocycles. The number of amides is 1. The minimum atomic E-state index is -0.303. The Bertz CT molecular complexity index is 427. The quantitative estimate of drug-likeness (QED) is 0.628. The number of rotatable bonds is 5. The lowest BCUT2D eigenvalue weighted by Gasteiger charge is -2.30. The van der Waals surface area contributed by atoms with Crippen LogP contribution in [0.3, 0.4) is 0 Å². The summed E-state index contributed by atoms with van der Waals surface area (Å²) < 4.78 is 0.830. The van der Waals surface area contributed by atoms with Crippen LogP contribution in [0.2, 0.25) is 5.02 Å². The number of hydrogen-bond donors (Lipinski definition) is 1. The number of halogens is 4. The van der Waals surface area contributed by atoms with E-state index in [1.807, 2.05) is 6.92 Å². The average molecular weight is 462 g/mol. The number of benzene rings is 1. The van der Waals surface area contributed by atoms with Gasteiger partial charge in [-0.1, -0.05) is 66.3 Å². The Hall–Kier alpha value is 0.420.